The van der Waals surface area contributed by atoms with E-state index in [1.54, 1.807) is 0 Å². The van der Waals surface area contributed by atoms with Crippen LogP contribution < -0.4 is 5.73 Å². The zero-order valence-electron chi connectivity index (χ0n) is 10.8. The summed E-state index contributed by atoms with van der Waals surface area (Å²) in [4.78, 5) is 13.2. The molecule has 0 fully saturated rings. The molecule has 0 radical (unpaired) electrons. The quantitative estimate of drug-likeness (QED) is 0.872. The summed E-state index contributed by atoms with van der Waals surface area (Å²) in [6, 6.07) is 0. The number of nitrogen functional groups attached to an aromatic ring is 1. The van der Waals surface area contributed by atoms with E-state index in [0.29, 0.717) is 5.82 Å². The molecule has 7 heteroatoms. The molecule has 0 unspecified atom stereocenters. The maximum Gasteiger partial charge on any atom is 0.176 e. The van der Waals surface area contributed by atoms with E-state index in [9.17, 15) is 0 Å². The molecule has 0 amide bonds. The second-order valence-electron chi connectivity index (χ2n) is 4.26. The maximum absolute atomic E-state index is 5.92. The summed E-state index contributed by atoms with van der Waals surface area (Å²) in [5.74, 6) is 2.34. The highest BCUT2D eigenvalue weighted by Crippen LogP contribution is 2.32. The maximum atomic E-state index is 5.92. The topological polar surface area (TPSA) is 77.6 Å². The molecule has 0 atom stereocenters. The van der Waals surface area contributed by atoms with Crippen LogP contribution >= 0.6 is 23.3 Å². The summed E-state index contributed by atoms with van der Waals surface area (Å²) in [5, 5.41) is 0.863. The molecule has 0 aliphatic rings. The van der Waals surface area contributed by atoms with Crippen LogP contribution in [0.15, 0.2) is 9.37 Å². The molecular formula is C11H15N5S2. The van der Waals surface area contributed by atoms with Gasteiger partial charge in [-0.15, -0.1) is 0 Å². The van der Waals surface area contributed by atoms with Gasteiger partial charge in [-0.05, 0) is 37.1 Å². The fraction of sp³-hybridized carbons (Fsp3) is 0.455. The average Bonchev–Trinajstić information content (AvgIpc) is 2.70. The average molecular weight is 281 g/mol. The molecule has 0 saturated carbocycles. The Hall–Kier alpha value is -1.21. The van der Waals surface area contributed by atoms with Gasteiger partial charge in [-0.2, -0.15) is 4.37 Å². The van der Waals surface area contributed by atoms with Crippen LogP contribution in [0.1, 0.15) is 37.0 Å². The van der Waals surface area contributed by atoms with Gasteiger partial charge in [0.1, 0.15) is 22.5 Å². The minimum Gasteiger partial charge on any atom is -0.383 e. The molecule has 5 nitrogen and oxygen atoms in total. The monoisotopic (exact) mass is 281 g/mol. The van der Waals surface area contributed by atoms with Crippen molar-refractivity contribution in [1.82, 2.24) is 19.3 Å². The lowest BCUT2D eigenvalue weighted by Crippen LogP contribution is -2.05. The van der Waals surface area contributed by atoms with Crippen LogP contribution in [0.3, 0.4) is 0 Å². The first kappa shape index (κ1) is 13.2. The van der Waals surface area contributed by atoms with Gasteiger partial charge in [0.25, 0.3) is 0 Å². The van der Waals surface area contributed by atoms with Crippen molar-refractivity contribution in [2.75, 3.05) is 5.73 Å². The lowest BCUT2D eigenvalue weighted by atomic mass is 10.2. The van der Waals surface area contributed by atoms with Gasteiger partial charge < -0.3 is 5.73 Å². The molecule has 0 bridgehead atoms. The van der Waals surface area contributed by atoms with Crippen molar-refractivity contribution in [3.05, 3.63) is 17.2 Å². The van der Waals surface area contributed by atoms with Crippen molar-refractivity contribution < 1.29 is 0 Å². The Kier molecular flexibility index (Phi) is 3.82. The van der Waals surface area contributed by atoms with Crippen molar-refractivity contribution in [2.24, 2.45) is 0 Å². The lowest BCUT2D eigenvalue weighted by molar-refractivity contribution is 0.751. The number of hydrogen-bond donors (Lipinski definition) is 1. The van der Waals surface area contributed by atoms with Crippen LogP contribution in [-0.2, 0) is 0 Å². The number of nitrogens with two attached hydrogens (primary N) is 1. The summed E-state index contributed by atoms with van der Waals surface area (Å²) in [6.45, 7) is 7.90. The van der Waals surface area contributed by atoms with Gasteiger partial charge in [-0.25, -0.2) is 15.0 Å². The molecule has 2 N–H and O–H groups in total. The highest BCUT2D eigenvalue weighted by molar-refractivity contribution is 8.00. The molecule has 0 spiro atoms. The van der Waals surface area contributed by atoms with Gasteiger partial charge in [0, 0.05) is 11.5 Å². The molecule has 2 heterocycles. The number of aryl methyl sites for hydroxylation is 1. The Balaban J connectivity index is 2.37. The second-order valence-corrected chi connectivity index (χ2v) is 6.25. The van der Waals surface area contributed by atoms with Crippen molar-refractivity contribution in [3.63, 3.8) is 0 Å². The van der Waals surface area contributed by atoms with Crippen molar-refractivity contribution in [2.45, 2.75) is 43.0 Å². The molecule has 2 rings (SSSR count). The van der Waals surface area contributed by atoms with Gasteiger partial charge in [-0.1, -0.05) is 13.8 Å². The predicted molar refractivity (Wildman–Crippen MR) is 74.0 cm³/mol. The van der Waals surface area contributed by atoms with Crippen molar-refractivity contribution in [1.29, 1.82) is 0 Å². The third kappa shape index (κ3) is 2.78. The number of rotatable bonds is 3. The molecule has 0 saturated heterocycles. The van der Waals surface area contributed by atoms with E-state index in [4.69, 9.17) is 5.73 Å². The van der Waals surface area contributed by atoms with E-state index in [-0.39, 0.29) is 5.92 Å². The summed E-state index contributed by atoms with van der Waals surface area (Å²) >= 11 is 2.87. The highest BCUT2D eigenvalue weighted by Gasteiger charge is 2.14. The van der Waals surface area contributed by atoms with E-state index < -0.39 is 0 Å². The lowest BCUT2D eigenvalue weighted by Gasteiger charge is -2.10. The second kappa shape index (κ2) is 5.19. The molecule has 18 heavy (non-hydrogen) atoms. The van der Waals surface area contributed by atoms with E-state index in [2.05, 4.69) is 19.3 Å². The molecule has 2 aromatic rings. The Labute approximate surface area is 114 Å². The van der Waals surface area contributed by atoms with Gasteiger partial charge in [0.2, 0.25) is 0 Å². The number of aromatic nitrogens is 4. The largest absolute Gasteiger partial charge is 0.383 e. The van der Waals surface area contributed by atoms with Crippen LogP contribution in [-0.4, -0.2) is 19.3 Å². The first-order valence-electron chi connectivity index (χ1n) is 5.59. The summed E-state index contributed by atoms with van der Waals surface area (Å²) in [5.41, 5.74) is 6.82. The fourth-order valence-corrected chi connectivity index (χ4v) is 2.95. The molecule has 2 aromatic heterocycles. The fourth-order valence-electron chi connectivity index (χ4n) is 1.29. The van der Waals surface area contributed by atoms with Crippen molar-refractivity contribution in [3.8, 4) is 0 Å². The SMILES string of the molecule is Cc1nsc(Sc2nc(C(C)C)nc(N)c2C)n1. The van der Waals surface area contributed by atoms with Crippen LogP contribution in [0.5, 0.6) is 0 Å². The van der Waals surface area contributed by atoms with Gasteiger partial charge in [-0.3, -0.25) is 0 Å². The van der Waals surface area contributed by atoms with E-state index >= 15 is 0 Å². The van der Waals surface area contributed by atoms with Gasteiger partial charge in [0.05, 0.1) is 0 Å². The van der Waals surface area contributed by atoms with Gasteiger partial charge >= 0.3 is 0 Å². The first-order valence-corrected chi connectivity index (χ1v) is 7.18. The smallest absolute Gasteiger partial charge is 0.176 e. The van der Waals surface area contributed by atoms with Crippen molar-refractivity contribution >= 4 is 29.1 Å². The zero-order valence-corrected chi connectivity index (χ0v) is 12.4. The predicted octanol–water partition coefficient (Wildman–Crippen LogP) is 2.80. The van der Waals surface area contributed by atoms with Gasteiger partial charge in [0.15, 0.2) is 4.34 Å². The van der Waals surface area contributed by atoms with Crippen LogP contribution in [0, 0.1) is 13.8 Å². The van der Waals surface area contributed by atoms with Crippen LogP contribution in [0.4, 0.5) is 5.82 Å². The zero-order chi connectivity index (χ0) is 13.3. The third-order valence-electron chi connectivity index (χ3n) is 2.37. The third-order valence-corrected chi connectivity index (χ3v) is 4.30. The number of hydrogen-bond acceptors (Lipinski definition) is 7. The van der Waals surface area contributed by atoms with E-state index in [1.165, 1.54) is 23.3 Å². The number of anilines is 1. The number of nitrogens with zero attached hydrogens (tertiary/aromatic N) is 4. The summed E-state index contributed by atoms with van der Waals surface area (Å²) in [7, 11) is 0. The van der Waals surface area contributed by atoms with E-state index in [1.807, 2.05) is 27.7 Å². The Morgan fingerprint density at radius 3 is 2.44 bits per heavy atom. The first-order chi connectivity index (χ1) is 8.47. The summed E-state index contributed by atoms with van der Waals surface area (Å²) < 4.78 is 5.04. The molecule has 0 aliphatic heterocycles. The Morgan fingerprint density at radius 1 is 1.17 bits per heavy atom. The summed E-state index contributed by atoms with van der Waals surface area (Å²) in [6.07, 6.45) is 0. The van der Waals surface area contributed by atoms with Crippen LogP contribution in [0.2, 0.25) is 0 Å². The van der Waals surface area contributed by atoms with Crippen LogP contribution in [0.25, 0.3) is 0 Å². The molecular weight excluding hydrogens is 266 g/mol. The highest BCUT2D eigenvalue weighted by atomic mass is 32.2. The molecule has 0 aliphatic carbocycles. The molecule has 96 valence electrons. The Morgan fingerprint density at radius 2 is 1.89 bits per heavy atom. The molecule has 0 aromatic carbocycles. The normalized spacial score (nSPS) is 11.2. The minimum absolute atomic E-state index is 0.253. The standard InChI is InChI=1S/C11H15N5S2/c1-5(2)9-14-8(12)6(3)10(15-9)17-11-13-7(4)16-18-11/h5H,1-4H3,(H2,12,14,15). The Bertz CT molecular complexity index is 565. The minimum atomic E-state index is 0.253. The van der Waals surface area contributed by atoms with E-state index in [0.717, 1.165) is 26.6 Å².